The molecule has 0 aliphatic heterocycles. The first-order valence-electron chi connectivity index (χ1n) is 3.90. The van der Waals surface area contributed by atoms with Crippen LogP contribution in [0.5, 0.6) is 0 Å². The fourth-order valence-electron chi connectivity index (χ4n) is 1.04. The van der Waals surface area contributed by atoms with E-state index < -0.39 is 5.97 Å². The zero-order valence-corrected chi connectivity index (χ0v) is 10.4. The van der Waals surface area contributed by atoms with Gasteiger partial charge in [0.1, 0.15) is 0 Å². The van der Waals surface area contributed by atoms with Crippen LogP contribution in [0.25, 0.3) is 6.08 Å². The Bertz CT molecular complexity index is 372. The molecule has 1 aromatic rings. The summed E-state index contributed by atoms with van der Waals surface area (Å²) in [5, 5.41) is 9.60. The van der Waals surface area contributed by atoms with Crippen molar-refractivity contribution >= 4 is 43.9 Å². The first-order valence-corrected chi connectivity index (χ1v) is 5.82. The molecule has 0 radical (unpaired) electrons. The second-order valence-corrected chi connectivity index (χ2v) is 4.16. The van der Waals surface area contributed by atoms with E-state index in [1.807, 2.05) is 6.08 Å². The number of hydrogen-bond acceptors (Lipinski definition) is 1. The summed E-state index contributed by atoms with van der Waals surface area (Å²) in [5.74, 6) is -0.910. The van der Waals surface area contributed by atoms with Crippen molar-refractivity contribution in [1.29, 1.82) is 0 Å². The smallest absolute Gasteiger partial charge is 0.336 e. The number of alkyl halides is 1. The Morgan fingerprint density at radius 1 is 1.50 bits per heavy atom. The lowest BCUT2D eigenvalue weighted by atomic mass is 10.1. The molecule has 0 amide bonds. The average molecular weight is 320 g/mol. The Morgan fingerprint density at radius 3 is 2.79 bits per heavy atom. The Hall–Kier alpha value is -0.610. The molecule has 0 fully saturated rings. The molecular formula is C10H8Br2O2. The van der Waals surface area contributed by atoms with Gasteiger partial charge in [-0.1, -0.05) is 44.0 Å². The second-order valence-electron chi connectivity index (χ2n) is 2.59. The van der Waals surface area contributed by atoms with Gasteiger partial charge in [0, 0.05) is 9.80 Å². The van der Waals surface area contributed by atoms with Gasteiger partial charge in [-0.25, -0.2) is 4.79 Å². The van der Waals surface area contributed by atoms with Crippen LogP contribution in [0.2, 0.25) is 0 Å². The van der Waals surface area contributed by atoms with E-state index in [4.69, 9.17) is 5.11 Å². The third-order valence-corrected chi connectivity index (χ3v) is 2.50. The number of hydrogen-bond donors (Lipinski definition) is 1. The van der Waals surface area contributed by atoms with Gasteiger partial charge in [0.2, 0.25) is 0 Å². The standard InChI is InChI=1S/C10H8Br2O2/c11-5-1-2-7-6-8(12)3-4-9(7)10(13)14/h1-4,6H,5H2,(H,13,14). The van der Waals surface area contributed by atoms with E-state index in [2.05, 4.69) is 31.9 Å². The number of benzene rings is 1. The van der Waals surface area contributed by atoms with E-state index in [-0.39, 0.29) is 0 Å². The van der Waals surface area contributed by atoms with Crippen LogP contribution >= 0.6 is 31.9 Å². The van der Waals surface area contributed by atoms with Gasteiger partial charge in [-0.2, -0.15) is 0 Å². The highest BCUT2D eigenvalue weighted by molar-refractivity contribution is 9.10. The van der Waals surface area contributed by atoms with Gasteiger partial charge in [0.15, 0.2) is 0 Å². The van der Waals surface area contributed by atoms with Crippen molar-refractivity contribution in [1.82, 2.24) is 0 Å². The summed E-state index contributed by atoms with van der Waals surface area (Å²) in [5.41, 5.74) is 1.01. The number of rotatable bonds is 3. The predicted molar refractivity (Wildman–Crippen MR) is 63.9 cm³/mol. The minimum atomic E-state index is -0.910. The molecule has 1 aromatic carbocycles. The predicted octanol–water partition coefficient (Wildman–Crippen LogP) is 3.56. The summed E-state index contributed by atoms with van der Waals surface area (Å²) in [7, 11) is 0. The molecule has 0 bridgehead atoms. The zero-order valence-electron chi connectivity index (χ0n) is 7.21. The van der Waals surface area contributed by atoms with E-state index in [0.717, 1.165) is 4.47 Å². The largest absolute Gasteiger partial charge is 0.478 e. The highest BCUT2D eigenvalue weighted by Crippen LogP contribution is 2.18. The van der Waals surface area contributed by atoms with Crippen LogP contribution in [0.15, 0.2) is 28.7 Å². The lowest BCUT2D eigenvalue weighted by molar-refractivity contribution is 0.0696. The van der Waals surface area contributed by atoms with Crippen molar-refractivity contribution in [2.75, 3.05) is 5.33 Å². The number of carboxylic acid groups (broad SMARTS) is 1. The van der Waals surface area contributed by atoms with Gasteiger partial charge in [0.05, 0.1) is 5.56 Å². The Kier molecular flexibility index (Phi) is 4.35. The van der Waals surface area contributed by atoms with Gasteiger partial charge < -0.3 is 5.11 Å². The molecule has 0 aromatic heterocycles. The fourth-order valence-corrected chi connectivity index (χ4v) is 1.60. The normalized spacial score (nSPS) is 10.7. The molecule has 0 aliphatic rings. The van der Waals surface area contributed by atoms with Crippen molar-refractivity contribution in [3.8, 4) is 0 Å². The van der Waals surface area contributed by atoms with Crippen LogP contribution in [-0.4, -0.2) is 16.4 Å². The first kappa shape index (κ1) is 11.5. The van der Waals surface area contributed by atoms with Crippen molar-refractivity contribution < 1.29 is 9.90 Å². The van der Waals surface area contributed by atoms with E-state index in [9.17, 15) is 4.79 Å². The van der Waals surface area contributed by atoms with Gasteiger partial charge in [-0.15, -0.1) is 0 Å². The number of carbonyl (C=O) groups is 1. The topological polar surface area (TPSA) is 37.3 Å². The lowest BCUT2D eigenvalue weighted by Gasteiger charge is -2.01. The van der Waals surface area contributed by atoms with Crippen LogP contribution in [0.3, 0.4) is 0 Å². The number of halogens is 2. The molecule has 14 heavy (non-hydrogen) atoms. The summed E-state index contributed by atoms with van der Waals surface area (Å²) < 4.78 is 0.872. The SMILES string of the molecule is O=C(O)c1ccc(Br)cc1C=CCBr. The van der Waals surface area contributed by atoms with Crippen LogP contribution in [0, 0.1) is 0 Å². The Labute approximate surface area is 98.9 Å². The van der Waals surface area contributed by atoms with Crippen LogP contribution in [-0.2, 0) is 0 Å². The quantitative estimate of drug-likeness (QED) is 0.865. The monoisotopic (exact) mass is 318 g/mol. The molecule has 2 nitrogen and oxygen atoms in total. The molecule has 1 N–H and O–H groups in total. The van der Waals surface area contributed by atoms with Gasteiger partial charge in [-0.05, 0) is 23.8 Å². The number of allylic oxidation sites excluding steroid dienone is 1. The molecular weight excluding hydrogens is 312 g/mol. The third-order valence-electron chi connectivity index (χ3n) is 1.63. The van der Waals surface area contributed by atoms with E-state index in [0.29, 0.717) is 16.5 Å². The number of aromatic carboxylic acids is 1. The summed E-state index contributed by atoms with van der Waals surface area (Å²) in [6.07, 6.45) is 3.64. The summed E-state index contributed by atoms with van der Waals surface area (Å²) in [6.45, 7) is 0. The molecule has 0 saturated heterocycles. The molecule has 74 valence electrons. The zero-order chi connectivity index (χ0) is 10.6. The fraction of sp³-hybridized carbons (Fsp3) is 0.100. The molecule has 0 atom stereocenters. The third kappa shape index (κ3) is 2.96. The maximum atomic E-state index is 10.8. The second kappa shape index (κ2) is 5.32. The van der Waals surface area contributed by atoms with Crippen LogP contribution in [0.4, 0.5) is 0 Å². The highest BCUT2D eigenvalue weighted by atomic mass is 79.9. The minimum Gasteiger partial charge on any atom is -0.478 e. The summed E-state index contributed by atoms with van der Waals surface area (Å²) in [6, 6.07) is 5.08. The molecule has 0 spiro atoms. The maximum absolute atomic E-state index is 10.8. The highest BCUT2D eigenvalue weighted by Gasteiger charge is 2.07. The van der Waals surface area contributed by atoms with Crippen molar-refractivity contribution in [2.45, 2.75) is 0 Å². The summed E-state index contributed by atoms with van der Waals surface area (Å²) in [4.78, 5) is 10.8. The Morgan fingerprint density at radius 2 is 2.21 bits per heavy atom. The van der Waals surface area contributed by atoms with Crippen LogP contribution in [0.1, 0.15) is 15.9 Å². The average Bonchev–Trinajstić information content (AvgIpc) is 2.14. The van der Waals surface area contributed by atoms with Gasteiger partial charge in [0.25, 0.3) is 0 Å². The van der Waals surface area contributed by atoms with Crippen molar-refractivity contribution in [3.05, 3.63) is 39.9 Å². The molecule has 0 saturated carbocycles. The van der Waals surface area contributed by atoms with Crippen molar-refractivity contribution in [2.24, 2.45) is 0 Å². The molecule has 0 heterocycles. The molecule has 1 rings (SSSR count). The van der Waals surface area contributed by atoms with E-state index >= 15 is 0 Å². The van der Waals surface area contributed by atoms with Gasteiger partial charge >= 0.3 is 5.97 Å². The van der Waals surface area contributed by atoms with E-state index in [1.54, 1.807) is 24.3 Å². The van der Waals surface area contributed by atoms with Gasteiger partial charge in [-0.3, -0.25) is 0 Å². The van der Waals surface area contributed by atoms with Crippen LogP contribution < -0.4 is 0 Å². The minimum absolute atomic E-state index is 0.311. The number of carboxylic acids is 1. The summed E-state index contributed by atoms with van der Waals surface area (Å²) >= 11 is 6.54. The lowest BCUT2D eigenvalue weighted by Crippen LogP contribution is -1.98. The molecule has 4 heteroatoms. The molecule has 0 aliphatic carbocycles. The van der Waals surface area contributed by atoms with Crippen molar-refractivity contribution in [3.63, 3.8) is 0 Å². The first-order chi connectivity index (χ1) is 6.65. The Balaban J connectivity index is 3.15. The maximum Gasteiger partial charge on any atom is 0.336 e. The molecule has 0 unspecified atom stereocenters. The van der Waals surface area contributed by atoms with E-state index in [1.165, 1.54) is 0 Å².